The predicted octanol–water partition coefficient (Wildman–Crippen LogP) is 5.51. The number of aromatic hydroxyl groups is 2. The molecule has 2 aromatic rings. The number of phenols is 2. The lowest BCUT2D eigenvalue weighted by atomic mass is 9.82. The molecule has 0 fully saturated rings. The Hall–Kier alpha value is -2.38. The van der Waals surface area contributed by atoms with E-state index in [1.807, 2.05) is 0 Å². The number of phenolic OH excluding ortho intramolecular Hbond substituents is 2. The summed E-state index contributed by atoms with van der Waals surface area (Å²) in [7, 11) is 2.42. The van der Waals surface area contributed by atoms with Crippen LogP contribution in [-0.4, -0.2) is 59.6 Å². The van der Waals surface area contributed by atoms with E-state index in [-0.39, 0.29) is 50.7 Å². The molecule has 1 aliphatic carbocycles. The number of halogens is 1. The summed E-state index contributed by atoms with van der Waals surface area (Å²) in [4.78, 5) is 26.3. The molecule has 2 N–H and O–H groups in total. The number of benzene rings is 2. The number of unbranched alkanes of at least 4 members (excludes halogenated alkanes) is 11. The van der Waals surface area contributed by atoms with E-state index in [1.54, 1.807) is 19.1 Å². The van der Waals surface area contributed by atoms with Gasteiger partial charge in [0.15, 0.2) is 5.78 Å². The van der Waals surface area contributed by atoms with Crippen LogP contribution in [-0.2, 0) is 0 Å². The van der Waals surface area contributed by atoms with Crippen molar-refractivity contribution >= 4 is 11.6 Å². The number of hydrogen-bond acceptors (Lipinski definition) is 5. The molecular formula is C36H54BrNO5. The second-order valence-electron chi connectivity index (χ2n) is 12.6. The van der Waals surface area contributed by atoms with Gasteiger partial charge < -0.3 is 36.4 Å². The van der Waals surface area contributed by atoms with Gasteiger partial charge in [-0.15, -0.1) is 0 Å². The van der Waals surface area contributed by atoms with Crippen molar-refractivity contribution in [2.45, 2.75) is 111 Å². The van der Waals surface area contributed by atoms with E-state index in [4.69, 9.17) is 4.74 Å². The second-order valence-corrected chi connectivity index (χ2v) is 12.6. The number of quaternary nitrogens is 1. The minimum absolute atomic E-state index is 0. The van der Waals surface area contributed by atoms with Crippen LogP contribution >= 0.6 is 0 Å². The fourth-order valence-corrected chi connectivity index (χ4v) is 6.23. The van der Waals surface area contributed by atoms with Gasteiger partial charge in [0.05, 0.1) is 44.4 Å². The molecule has 0 unspecified atom stereocenters. The van der Waals surface area contributed by atoms with Crippen molar-refractivity contribution < 1.29 is 46.0 Å². The Bertz CT molecular complexity index is 1180. The van der Waals surface area contributed by atoms with Crippen LogP contribution in [0.25, 0.3) is 0 Å². The van der Waals surface area contributed by atoms with Gasteiger partial charge in [-0.05, 0) is 69.2 Å². The molecule has 7 heteroatoms. The van der Waals surface area contributed by atoms with Crippen molar-refractivity contribution in [2.24, 2.45) is 0 Å². The summed E-state index contributed by atoms with van der Waals surface area (Å²) in [6, 6.07) is 6.01. The number of fused-ring (bicyclic) bond motifs is 2. The first-order chi connectivity index (χ1) is 20.2. The monoisotopic (exact) mass is 659 g/mol. The molecule has 3 rings (SSSR count). The highest BCUT2D eigenvalue weighted by atomic mass is 79.9. The van der Waals surface area contributed by atoms with Crippen LogP contribution in [0.4, 0.5) is 0 Å². The number of rotatable bonds is 20. The van der Waals surface area contributed by atoms with Crippen LogP contribution in [0.2, 0.25) is 0 Å². The van der Waals surface area contributed by atoms with Gasteiger partial charge in [0.25, 0.3) is 0 Å². The highest BCUT2D eigenvalue weighted by Gasteiger charge is 2.35. The van der Waals surface area contributed by atoms with Gasteiger partial charge in [-0.2, -0.15) is 0 Å². The lowest BCUT2D eigenvalue weighted by Gasteiger charge is -2.35. The minimum atomic E-state index is -0.547. The number of ketones is 2. The van der Waals surface area contributed by atoms with Crippen LogP contribution in [0, 0.1) is 6.92 Å². The van der Waals surface area contributed by atoms with Gasteiger partial charge in [-0.25, -0.2) is 0 Å². The molecule has 0 heterocycles. The number of nitrogens with zero attached hydrogens (tertiary/aromatic N) is 1. The first kappa shape index (κ1) is 36.8. The second kappa shape index (κ2) is 18.4. The molecule has 0 saturated heterocycles. The van der Waals surface area contributed by atoms with Crippen LogP contribution in [0.3, 0.4) is 0 Å². The Morgan fingerprint density at radius 3 is 1.65 bits per heavy atom. The van der Waals surface area contributed by atoms with Crippen LogP contribution < -0.4 is 21.7 Å². The van der Waals surface area contributed by atoms with E-state index in [1.165, 1.54) is 102 Å². The zero-order valence-corrected chi connectivity index (χ0v) is 28.6. The summed E-state index contributed by atoms with van der Waals surface area (Å²) < 4.78 is 7.09. The molecule has 0 bridgehead atoms. The predicted molar refractivity (Wildman–Crippen MR) is 170 cm³/mol. The average Bonchev–Trinajstić information content (AvgIpc) is 2.94. The highest BCUT2D eigenvalue weighted by molar-refractivity contribution is 6.30. The fourth-order valence-electron chi connectivity index (χ4n) is 6.23. The molecule has 240 valence electrons. The molecule has 0 amide bonds. The minimum Gasteiger partial charge on any atom is -1.00 e. The topological polar surface area (TPSA) is 83.8 Å². The maximum atomic E-state index is 13.2. The average molecular weight is 661 g/mol. The number of carbonyl (C=O) groups excluding carboxylic acids is 2. The maximum Gasteiger partial charge on any atom is 0.201 e. The molecule has 0 atom stereocenters. The van der Waals surface area contributed by atoms with Crippen LogP contribution in [0.5, 0.6) is 17.2 Å². The maximum absolute atomic E-state index is 13.2. The zero-order valence-electron chi connectivity index (χ0n) is 27.0. The highest BCUT2D eigenvalue weighted by Crippen LogP contribution is 2.39. The third-order valence-corrected chi connectivity index (χ3v) is 8.76. The summed E-state index contributed by atoms with van der Waals surface area (Å²) in [6.07, 6.45) is 17.8. The largest absolute Gasteiger partial charge is 1.00 e. The Morgan fingerprint density at radius 2 is 1.09 bits per heavy atom. The molecule has 0 spiro atoms. The molecule has 1 aliphatic rings. The SMILES string of the molecule is CCCCCCCC[N+](C)(CCCCCCCC)CCCCOc1cc(O)c2c(c1)C(=O)c1cc(C)cc(O)c1C2=O.[Br-]. The van der Waals surface area contributed by atoms with Gasteiger partial charge >= 0.3 is 0 Å². The number of hydrogen-bond donors (Lipinski definition) is 2. The zero-order chi connectivity index (χ0) is 30.5. The van der Waals surface area contributed by atoms with Gasteiger partial charge in [-0.3, -0.25) is 9.59 Å². The molecule has 0 saturated carbocycles. The standard InChI is InChI=1S/C36H53NO5.BrH/c1-5-7-9-11-13-15-19-37(4,20-16-14-12-10-8-6-2)21-17-18-22-42-28-25-30-34(32(39)26-28)36(41)33-29(35(30)40)23-27(3)24-31(33)38;/h23-26H,5-22H2,1-4H3,(H-,38,39,41);1H. The Kier molecular flexibility index (Phi) is 15.8. The van der Waals surface area contributed by atoms with Crippen molar-refractivity contribution in [1.29, 1.82) is 0 Å². The van der Waals surface area contributed by atoms with Crippen molar-refractivity contribution in [2.75, 3.05) is 33.3 Å². The lowest BCUT2D eigenvalue weighted by molar-refractivity contribution is -0.910. The summed E-state index contributed by atoms with van der Waals surface area (Å²) >= 11 is 0. The van der Waals surface area contributed by atoms with E-state index in [0.29, 0.717) is 17.9 Å². The Balaban J connectivity index is 0.00000645. The van der Waals surface area contributed by atoms with E-state index >= 15 is 0 Å². The summed E-state index contributed by atoms with van der Waals surface area (Å²) in [6.45, 7) is 10.3. The van der Waals surface area contributed by atoms with Crippen LogP contribution in [0.1, 0.15) is 141 Å². The van der Waals surface area contributed by atoms with E-state index in [0.717, 1.165) is 23.9 Å². The molecule has 0 aliphatic heterocycles. The summed E-state index contributed by atoms with van der Waals surface area (Å²) in [5.41, 5.74) is 0.844. The molecule has 0 radical (unpaired) electrons. The van der Waals surface area contributed by atoms with E-state index < -0.39 is 11.6 Å². The van der Waals surface area contributed by atoms with Gasteiger partial charge in [0.2, 0.25) is 5.78 Å². The number of carbonyl (C=O) groups is 2. The molecular weight excluding hydrogens is 606 g/mol. The molecule has 0 aromatic heterocycles. The number of ether oxygens (including phenoxy) is 1. The van der Waals surface area contributed by atoms with E-state index in [9.17, 15) is 19.8 Å². The van der Waals surface area contributed by atoms with Gasteiger partial charge in [0.1, 0.15) is 17.2 Å². The smallest absolute Gasteiger partial charge is 0.201 e. The van der Waals surface area contributed by atoms with Crippen molar-refractivity contribution in [3.63, 3.8) is 0 Å². The molecule has 2 aromatic carbocycles. The number of aryl methyl sites for hydroxylation is 1. The quantitative estimate of drug-likeness (QED) is 0.123. The lowest BCUT2D eigenvalue weighted by Crippen LogP contribution is -3.00. The first-order valence-electron chi connectivity index (χ1n) is 16.5. The van der Waals surface area contributed by atoms with E-state index in [2.05, 4.69) is 20.9 Å². The molecule has 6 nitrogen and oxygen atoms in total. The third kappa shape index (κ3) is 10.6. The third-order valence-electron chi connectivity index (χ3n) is 8.76. The van der Waals surface area contributed by atoms with Gasteiger partial charge in [0, 0.05) is 17.2 Å². The van der Waals surface area contributed by atoms with Crippen molar-refractivity contribution in [3.05, 3.63) is 52.1 Å². The van der Waals surface area contributed by atoms with Crippen molar-refractivity contribution in [3.8, 4) is 17.2 Å². The Morgan fingerprint density at radius 1 is 0.628 bits per heavy atom. The van der Waals surface area contributed by atoms with Crippen molar-refractivity contribution in [1.82, 2.24) is 0 Å². The first-order valence-corrected chi connectivity index (χ1v) is 16.5. The Labute approximate surface area is 270 Å². The van der Waals surface area contributed by atoms with Crippen LogP contribution in [0.15, 0.2) is 24.3 Å². The summed E-state index contributed by atoms with van der Waals surface area (Å²) in [5, 5.41) is 21.0. The van der Waals surface area contributed by atoms with Gasteiger partial charge in [-0.1, -0.05) is 65.2 Å². The summed E-state index contributed by atoms with van der Waals surface area (Å²) in [5.74, 6) is -1.10. The normalized spacial score (nSPS) is 12.6. The fraction of sp³-hybridized carbons (Fsp3) is 0.611. The molecule has 43 heavy (non-hydrogen) atoms.